The van der Waals surface area contributed by atoms with Crippen molar-refractivity contribution in [1.82, 2.24) is 5.32 Å². The van der Waals surface area contributed by atoms with E-state index in [4.69, 9.17) is 15.0 Å². The second-order valence-electron chi connectivity index (χ2n) is 7.81. The molecule has 0 radical (unpaired) electrons. The van der Waals surface area contributed by atoms with Crippen LogP contribution < -0.4 is 5.32 Å². The van der Waals surface area contributed by atoms with Gasteiger partial charge in [-0.3, -0.25) is 14.4 Å². The van der Waals surface area contributed by atoms with Crippen LogP contribution in [0.15, 0.2) is 24.3 Å². The molecule has 1 N–H and O–H groups in total. The van der Waals surface area contributed by atoms with Crippen molar-refractivity contribution in [3.8, 4) is 0 Å². The van der Waals surface area contributed by atoms with Gasteiger partial charge in [-0.05, 0) is 36.8 Å². The van der Waals surface area contributed by atoms with Gasteiger partial charge in [-0.1, -0.05) is 63.3 Å². The van der Waals surface area contributed by atoms with Gasteiger partial charge in [-0.15, -0.1) is 0 Å². The molecule has 0 heterocycles. The molecule has 6 heteroatoms. The van der Waals surface area contributed by atoms with Gasteiger partial charge in [0, 0.05) is 20.8 Å². The monoisotopic (exact) mass is 437 g/mol. The number of unbranched alkanes of at least 4 members (excludes halogenated alkanes) is 5. The normalized spacial score (nSPS) is 13.9. The van der Waals surface area contributed by atoms with E-state index < -0.39 is 36.5 Å². The summed E-state index contributed by atoms with van der Waals surface area (Å²) in [6.07, 6.45) is 7.97. The molecule has 0 atom stereocenters. The summed E-state index contributed by atoms with van der Waals surface area (Å²) >= 11 is 0. The fourth-order valence-corrected chi connectivity index (χ4v) is 3.17. The lowest BCUT2D eigenvalue weighted by atomic mass is 9.91. The molecule has 0 saturated carbocycles. The zero-order valence-electron chi connectivity index (χ0n) is 23.2. The van der Waals surface area contributed by atoms with Crippen molar-refractivity contribution < 1.29 is 29.3 Å². The molecular formula is C25H39NO5. The first-order chi connectivity index (χ1) is 16.3. The van der Waals surface area contributed by atoms with Crippen molar-refractivity contribution in [1.29, 1.82) is 0 Å². The fourth-order valence-electron chi connectivity index (χ4n) is 3.17. The van der Waals surface area contributed by atoms with E-state index >= 15 is 0 Å². The molecule has 1 aromatic rings. The van der Waals surface area contributed by atoms with Crippen LogP contribution in [0.5, 0.6) is 0 Å². The van der Waals surface area contributed by atoms with Gasteiger partial charge in [0.1, 0.15) is 18.7 Å². The Hall–Kier alpha value is -2.37. The number of esters is 2. The average molecular weight is 438 g/mol. The number of benzene rings is 1. The minimum absolute atomic E-state index is 0.124. The first kappa shape index (κ1) is 20.5. The minimum atomic E-state index is -3.03. The van der Waals surface area contributed by atoms with E-state index in [0.717, 1.165) is 39.2 Å². The van der Waals surface area contributed by atoms with Crippen LogP contribution >= 0.6 is 0 Å². The molecule has 0 saturated heterocycles. The highest BCUT2D eigenvalue weighted by molar-refractivity contribution is 5.74. The SMILES string of the molecule is [2H]C([2H])(OC(C)=O)C(CCc1ccc(CCCCCCCC)cc1)(NC(C)=O)C([2H])([2H])OC(C)=O. The summed E-state index contributed by atoms with van der Waals surface area (Å²) in [5, 5.41) is 2.27. The Morgan fingerprint density at radius 3 is 1.81 bits per heavy atom. The van der Waals surface area contributed by atoms with E-state index in [9.17, 15) is 14.4 Å². The topological polar surface area (TPSA) is 81.7 Å². The number of rotatable bonds is 15. The number of nitrogens with one attached hydrogen (secondary N) is 1. The van der Waals surface area contributed by atoms with Crippen LogP contribution in [-0.2, 0) is 36.7 Å². The third-order valence-corrected chi connectivity index (χ3v) is 4.76. The third kappa shape index (κ3) is 12.2. The molecule has 0 aliphatic carbocycles. The van der Waals surface area contributed by atoms with Crippen molar-refractivity contribution in [3.05, 3.63) is 35.4 Å². The molecule has 1 amide bonds. The third-order valence-electron chi connectivity index (χ3n) is 4.76. The van der Waals surface area contributed by atoms with Gasteiger partial charge >= 0.3 is 11.9 Å². The lowest BCUT2D eigenvalue weighted by Crippen LogP contribution is -2.55. The Morgan fingerprint density at radius 1 is 0.839 bits per heavy atom. The summed E-state index contributed by atoms with van der Waals surface area (Å²) in [7, 11) is 0. The number of carbonyl (C=O) groups excluding carboxylic acids is 3. The lowest BCUT2D eigenvalue weighted by molar-refractivity contribution is -0.150. The molecule has 6 nitrogen and oxygen atoms in total. The van der Waals surface area contributed by atoms with Gasteiger partial charge < -0.3 is 14.8 Å². The van der Waals surface area contributed by atoms with Crippen LogP contribution in [0.4, 0.5) is 0 Å². The van der Waals surface area contributed by atoms with E-state index in [1.54, 1.807) is 0 Å². The van der Waals surface area contributed by atoms with Crippen LogP contribution in [-0.4, -0.2) is 36.5 Å². The summed E-state index contributed by atoms with van der Waals surface area (Å²) in [6, 6.07) is 7.69. The standard InChI is InChI=1S/C25H39NO5/c1-5-6-7-8-9-10-11-23-12-14-24(15-13-23)16-17-25(26-20(2)27,18-30-21(3)28)19-31-22(4)29/h12-15H,5-11,16-19H2,1-4H3,(H,26,27)/i18D2,19D2. The largest absolute Gasteiger partial charge is 0.463 e. The summed E-state index contributed by atoms with van der Waals surface area (Å²) in [6.45, 7) is -0.834. The summed E-state index contributed by atoms with van der Waals surface area (Å²) in [5.41, 5.74) is -0.563. The van der Waals surface area contributed by atoms with Crippen LogP contribution in [0, 0.1) is 0 Å². The van der Waals surface area contributed by atoms with Gasteiger partial charge in [-0.2, -0.15) is 0 Å². The number of hydrogen-bond acceptors (Lipinski definition) is 5. The smallest absolute Gasteiger partial charge is 0.302 e. The molecule has 0 bridgehead atoms. The molecular weight excluding hydrogens is 394 g/mol. The fraction of sp³-hybridized carbons (Fsp3) is 0.640. The van der Waals surface area contributed by atoms with Crippen LogP contribution in [0.3, 0.4) is 0 Å². The highest BCUT2D eigenvalue weighted by Crippen LogP contribution is 2.19. The quantitative estimate of drug-likeness (QED) is 0.322. The second-order valence-corrected chi connectivity index (χ2v) is 7.81. The van der Waals surface area contributed by atoms with E-state index in [-0.39, 0.29) is 12.8 Å². The Bertz CT molecular complexity index is 815. The van der Waals surface area contributed by atoms with Crippen LogP contribution in [0.1, 0.15) is 89.3 Å². The van der Waals surface area contributed by atoms with Crippen molar-refractivity contribution in [2.75, 3.05) is 13.1 Å². The van der Waals surface area contributed by atoms with E-state index in [1.165, 1.54) is 37.7 Å². The number of amides is 1. The van der Waals surface area contributed by atoms with Gasteiger partial charge in [0.2, 0.25) is 5.91 Å². The molecule has 0 aliphatic heterocycles. The summed E-state index contributed by atoms with van der Waals surface area (Å²) in [4.78, 5) is 35.3. The van der Waals surface area contributed by atoms with Crippen molar-refractivity contribution in [2.45, 2.75) is 91.0 Å². The molecule has 1 aromatic carbocycles. The van der Waals surface area contributed by atoms with Crippen molar-refractivity contribution >= 4 is 17.8 Å². The maximum atomic E-state index is 12.0. The molecule has 0 fully saturated rings. The minimum Gasteiger partial charge on any atom is -0.463 e. The molecule has 0 spiro atoms. The first-order valence-electron chi connectivity index (χ1n) is 13.0. The van der Waals surface area contributed by atoms with Crippen LogP contribution in [0.25, 0.3) is 0 Å². The summed E-state index contributed by atoms with van der Waals surface area (Å²) < 4.78 is 43.1. The molecule has 1 rings (SSSR count). The van der Waals surface area contributed by atoms with E-state index in [2.05, 4.69) is 12.2 Å². The zero-order valence-corrected chi connectivity index (χ0v) is 19.2. The van der Waals surface area contributed by atoms with Gasteiger partial charge in [-0.25, -0.2) is 0 Å². The van der Waals surface area contributed by atoms with Gasteiger partial charge in [0.15, 0.2) is 0 Å². The first-order valence-corrected chi connectivity index (χ1v) is 11.0. The Labute approximate surface area is 192 Å². The Balaban J connectivity index is 3.10. The zero-order chi connectivity index (χ0) is 26.7. The molecule has 0 unspecified atom stereocenters. The number of aryl methyl sites for hydroxylation is 2. The number of carbonyl (C=O) groups is 3. The van der Waals surface area contributed by atoms with Crippen LogP contribution in [0.2, 0.25) is 0 Å². The molecule has 174 valence electrons. The Kier molecular flexibility index (Phi) is 9.67. The maximum absolute atomic E-state index is 12.0. The highest BCUT2D eigenvalue weighted by Gasteiger charge is 2.34. The Morgan fingerprint density at radius 2 is 1.32 bits per heavy atom. The summed E-state index contributed by atoms with van der Waals surface area (Å²) in [5.74, 6) is -2.80. The van der Waals surface area contributed by atoms with Gasteiger partial charge in [0.05, 0.1) is 5.48 Å². The lowest BCUT2D eigenvalue weighted by Gasteiger charge is -2.33. The predicted octanol–water partition coefficient (Wildman–Crippen LogP) is 4.52. The molecule has 0 aliphatic rings. The van der Waals surface area contributed by atoms with E-state index in [0.29, 0.717) is 0 Å². The van der Waals surface area contributed by atoms with Gasteiger partial charge in [0.25, 0.3) is 0 Å². The van der Waals surface area contributed by atoms with E-state index in [1.807, 2.05) is 24.3 Å². The number of ether oxygens (including phenoxy) is 2. The van der Waals surface area contributed by atoms with Crippen molar-refractivity contribution in [2.24, 2.45) is 0 Å². The average Bonchev–Trinajstić information content (AvgIpc) is 2.72. The highest BCUT2D eigenvalue weighted by atomic mass is 16.5. The maximum Gasteiger partial charge on any atom is 0.302 e. The molecule has 31 heavy (non-hydrogen) atoms. The predicted molar refractivity (Wildman–Crippen MR) is 122 cm³/mol. The second kappa shape index (κ2) is 14.6. The molecule has 0 aromatic heterocycles. The van der Waals surface area contributed by atoms with Crippen molar-refractivity contribution in [3.63, 3.8) is 0 Å². The number of hydrogen-bond donors (Lipinski definition) is 1.